The van der Waals surface area contributed by atoms with E-state index in [9.17, 15) is 0 Å². The van der Waals surface area contributed by atoms with E-state index in [-0.39, 0.29) is 0 Å². The molecular weight excluding hydrogens is 246 g/mol. The van der Waals surface area contributed by atoms with Crippen molar-refractivity contribution in [1.29, 1.82) is 0 Å². The lowest BCUT2D eigenvalue weighted by Crippen LogP contribution is -2.31. The molecule has 1 saturated carbocycles. The molecule has 3 nitrogen and oxygen atoms in total. The van der Waals surface area contributed by atoms with Gasteiger partial charge in [0.05, 0.1) is 0 Å². The third kappa shape index (κ3) is 2.97. The molecule has 1 N–H and O–H groups in total. The molecule has 0 aromatic carbocycles. The van der Waals surface area contributed by atoms with Crippen LogP contribution in [0.15, 0.2) is 6.33 Å². The molecule has 0 amide bonds. The second-order valence-corrected chi connectivity index (χ2v) is 6.41. The maximum atomic E-state index is 4.55. The third-order valence-corrected chi connectivity index (χ3v) is 5.11. The molecule has 3 rings (SSSR count). The Kier molecular flexibility index (Phi) is 4.54. The lowest BCUT2D eigenvalue weighted by atomic mass is 9.83. The van der Waals surface area contributed by atoms with Gasteiger partial charge in [0, 0.05) is 17.3 Å². The van der Waals surface area contributed by atoms with Gasteiger partial charge in [0.2, 0.25) is 0 Å². The number of nitrogens with one attached hydrogen (secondary N) is 1. The van der Waals surface area contributed by atoms with Crippen LogP contribution in [-0.2, 0) is 12.8 Å². The molecule has 0 saturated heterocycles. The molecular formula is C17H27N3. The van der Waals surface area contributed by atoms with E-state index in [0.717, 1.165) is 24.6 Å². The van der Waals surface area contributed by atoms with E-state index >= 15 is 0 Å². The second kappa shape index (κ2) is 6.55. The summed E-state index contributed by atoms with van der Waals surface area (Å²) in [6, 6.07) is 0.594. The Hall–Kier alpha value is -1.12. The van der Waals surface area contributed by atoms with Crippen LogP contribution in [-0.4, -0.2) is 16.0 Å². The SMILES string of the molecule is CCC(Nc1ncnc2c1CCCC2)C1CCCCC1. The zero-order valence-corrected chi connectivity index (χ0v) is 12.7. The molecule has 3 heteroatoms. The molecule has 1 atom stereocenters. The maximum absolute atomic E-state index is 4.55. The summed E-state index contributed by atoms with van der Waals surface area (Å²) in [6.07, 6.45) is 14.8. The summed E-state index contributed by atoms with van der Waals surface area (Å²) in [5, 5.41) is 3.78. The van der Waals surface area contributed by atoms with Crippen LogP contribution in [0.1, 0.15) is 69.5 Å². The van der Waals surface area contributed by atoms with E-state index in [2.05, 4.69) is 22.2 Å². The highest BCUT2D eigenvalue weighted by Gasteiger charge is 2.24. The lowest BCUT2D eigenvalue weighted by Gasteiger charge is -2.31. The number of anilines is 1. The van der Waals surface area contributed by atoms with Gasteiger partial charge in [-0.25, -0.2) is 9.97 Å². The average molecular weight is 273 g/mol. The molecule has 0 radical (unpaired) electrons. The molecule has 20 heavy (non-hydrogen) atoms. The molecule has 1 unspecified atom stereocenters. The van der Waals surface area contributed by atoms with Gasteiger partial charge in [0.25, 0.3) is 0 Å². The van der Waals surface area contributed by atoms with Gasteiger partial charge in [-0.3, -0.25) is 0 Å². The summed E-state index contributed by atoms with van der Waals surface area (Å²) >= 11 is 0. The largest absolute Gasteiger partial charge is 0.367 e. The third-order valence-electron chi connectivity index (χ3n) is 5.11. The second-order valence-electron chi connectivity index (χ2n) is 6.41. The molecule has 1 aromatic rings. The van der Waals surface area contributed by atoms with Crippen molar-refractivity contribution in [2.75, 3.05) is 5.32 Å². The Morgan fingerprint density at radius 1 is 1.10 bits per heavy atom. The van der Waals surface area contributed by atoms with Crippen LogP contribution in [0.4, 0.5) is 5.82 Å². The van der Waals surface area contributed by atoms with Crippen molar-refractivity contribution in [3.05, 3.63) is 17.6 Å². The number of fused-ring (bicyclic) bond motifs is 1. The Balaban J connectivity index is 1.75. The van der Waals surface area contributed by atoms with Gasteiger partial charge in [-0.1, -0.05) is 26.2 Å². The highest BCUT2D eigenvalue weighted by atomic mass is 15.0. The van der Waals surface area contributed by atoms with Crippen molar-refractivity contribution in [1.82, 2.24) is 9.97 Å². The normalized spacial score (nSPS) is 21.2. The monoisotopic (exact) mass is 273 g/mol. The van der Waals surface area contributed by atoms with Crippen molar-refractivity contribution in [2.24, 2.45) is 5.92 Å². The summed E-state index contributed by atoms with van der Waals surface area (Å²) in [6.45, 7) is 2.31. The van der Waals surface area contributed by atoms with E-state index in [1.165, 1.54) is 62.6 Å². The van der Waals surface area contributed by atoms with E-state index in [1.54, 1.807) is 6.33 Å². The summed E-state index contributed by atoms with van der Waals surface area (Å²) < 4.78 is 0. The van der Waals surface area contributed by atoms with Gasteiger partial charge in [-0.2, -0.15) is 0 Å². The number of aromatic nitrogens is 2. The van der Waals surface area contributed by atoms with Gasteiger partial charge in [0.1, 0.15) is 12.1 Å². The number of hydrogen-bond acceptors (Lipinski definition) is 3. The summed E-state index contributed by atoms with van der Waals surface area (Å²) in [5.74, 6) is 1.97. The summed E-state index contributed by atoms with van der Waals surface area (Å²) in [7, 11) is 0. The van der Waals surface area contributed by atoms with Crippen LogP contribution in [0, 0.1) is 5.92 Å². The minimum atomic E-state index is 0.594. The zero-order valence-electron chi connectivity index (χ0n) is 12.7. The van der Waals surface area contributed by atoms with Gasteiger partial charge in [0.15, 0.2) is 0 Å². The average Bonchev–Trinajstić information content (AvgIpc) is 2.53. The molecule has 1 aromatic heterocycles. The van der Waals surface area contributed by atoms with Crippen molar-refractivity contribution in [3.8, 4) is 0 Å². The summed E-state index contributed by atoms with van der Waals surface area (Å²) in [4.78, 5) is 9.03. The van der Waals surface area contributed by atoms with Gasteiger partial charge in [-0.15, -0.1) is 0 Å². The minimum Gasteiger partial charge on any atom is -0.367 e. The predicted molar refractivity (Wildman–Crippen MR) is 83.0 cm³/mol. The highest BCUT2D eigenvalue weighted by Crippen LogP contribution is 2.31. The molecule has 0 spiro atoms. The van der Waals surface area contributed by atoms with Crippen LogP contribution in [0.5, 0.6) is 0 Å². The topological polar surface area (TPSA) is 37.8 Å². The van der Waals surface area contributed by atoms with Crippen molar-refractivity contribution >= 4 is 5.82 Å². The fraction of sp³-hybridized carbons (Fsp3) is 0.765. The zero-order chi connectivity index (χ0) is 13.8. The van der Waals surface area contributed by atoms with Gasteiger partial charge in [-0.05, 0) is 50.9 Å². The first-order valence-corrected chi connectivity index (χ1v) is 8.47. The lowest BCUT2D eigenvalue weighted by molar-refractivity contribution is 0.312. The molecule has 2 aliphatic rings. The minimum absolute atomic E-state index is 0.594. The van der Waals surface area contributed by atoms with Crippen LogP contribution >= 0.6 is 0 Å². The van der Waals surface area contributed by atoms with Crippen LogP contribution in [0.25, 0.3) is 0 Å². The Morgan fingerprint density at radius 2 is 1.90 bits per heavy atom. The molecule has 0 bridgehead atoms. The first-order chi connectivity index (χ1) is 9.88. The highest BCUT2D eigenvalue weighted by molar-refractivity contribution is 5.47. The molecule has 0 aliphatic heterocycles. The Morgan fingerprint density at radius 3 is 2.70 bits per heavy atom. The van der Waals surface area contributed by atoms with Crippen LogP contribution in [0.3, 0.4) is 0 Å². The quantitative estimate of drug-likeness (QED) is 0.896. The van der Waals surface area contributed by atoms with Crippen molar-refractivity contribution in [2.45, 2.75) is 77.2 Å². The molecule has 1 heterocycles. The maximum Gasteiger partial charge on any atom is 0.133 e. The molecule has 1 fully saturated rings. The van der Waals surface area contributed by atoms with Crippen molar-refractivity contribution in [3.63, 3.8) is 0 Å². The van der Waals surface area contributed by atoms with Crippen LogP contribution < -0.4 is 5.32 Å². The number of hydrogen-bond donors (Lipinski definition) is 1. The number of aryl methyl sites for hydroxylation is 1. The van der Waals surface area contributed by atoms with E-state index in [0.29, 0.717) is 6.04 Å². The fourth-order valence-corrected chi connectivity index (χ4v) is 3.91. The number of nitrogens with zero attached hydrogens (tertiary/aromatic N) is 2. The summed E-state index contributed by atoms with van der Waals surface area (Å²) in [5.41, 5.74) is 2.68. The Bertz CT molecular complexity index is 438. The predicted octanol–water partition coefficient (Wildman–Crippen LogP) is 4.13. The first-order valence-electron chi connectivity index (χ1n) is 8.47. The standard InChI is InChI=1S/C17H27N3/c1-2-15(13-8-4-3-5-9-13)20-17-14-10-6-7-11-16(14)18-12-19-17/h12-13,15H,2-11H2,1H3,(H,18,19,20). The van der Waals surface area contributed by atoms with E-state index in [1.807, 2.05) is 0 Å². The van der Waals surface area contributed by atoms with Crippen molar-refractivity contribution < 1.29 is 0 Å². The number of rotatable bonds is 4. The van der Waals surface area contributed by atoms with Gasteiger partial charge < -0.3 is 5.32 Å². The van der Waals surface area contributed by atoms with E-state index < -0.39 is 0 Å². The first kappa shape index (κ1) is 13.8. The van der Waals surface area contributed by atoms with Crippen LogP contribution in [0.2, 0.25) is 0 Å². The Labute approximate surface area is 122 Å². The van der Waals surface area contributed by atoms with Gasteiger partial charge >= 0.3 is 0 Å². The van der Waals surface area contributed by atoms with E-state index in [4.69, 9.17) is 0 Å². The molecule has 110 valence electrons. The smallest absolute Gasteiger partial charge is 0.133 e. The fourth-order valence-electron chi connectivity index (χ4n) is 3.91. The molecule has 2 aliphatic carbocycles.